The van der Waals surface area contributed by atoms with Crippen LogP contribution in [0, 0.1) is 5.92 Å². The molecule has 17 heavy (non-hydrogen) atoms. The highest BCUT2D eigenvalue weighted by molar-refractivity contribution is 7.90. The average Bonchev–Trinajstić information content (AvgIpc) is 2.22. The molecular weight excluding hydrogens is 238 g/mol. The Morgan fingerprint density at radius 1 is 1.29 bits per heavy atom. The molecule has 1 atom stereocenters. The van der Waals surface area contributed by atoms with Crippen LogP contribution in [0.4, 0.5) is 0 Å². The fourth-order valence-electron chi connectivity index (χ4n) is 1.87. The maximum atomic E-state index is 11.0. The van der Waals surface area contributed by atoms with E-state index in [4.69, 9.17) is 4.74 Å². The normalized spacial score (nSPS) is 13.8. The average molecular weight is 265 g/mol. The second kappa shape index (κ2) is 9.85. The van der Waals surface area contributed by atoms with E-state index in [0.717, 1.165) is 45.4 Å². The predicted molar refractivity (Wildman–Crippen MR) is 72.1 cm³/mol. The molecule has 0 spiro atoms. The highest BCUT2D eigenvalue weighted by Crippen LogP contribution is 2.13. The molecule has 5 heteroatoms. The Hall–Kier alpha value is -0.130. The Kier molecular flexibility index (Phi) is 9.78. The minimum absolute atomic E-state index is 0.311. The summed E-state index contributed by atoms with van der Waals surface area (Å²) in [5.74, 6) is 0.893. The van der Waals surface area contributed by atoms with E-state index >= 15 is 0 Å². The van der Waals surface area contributed by atoms with E-state index in [2.05, 4.69) is 12.2 Å². The summed E-state index contributed by atoms with van der Waals surface area (Å²) in [7, 11) is -1.11. The van der Waals surface area contributed by atoms with Crippen molar-refractivity contribution in [3.8, 4) is 0 Å². The van der Waals surface area contributed by atoms with Crippen molar-refractivity contribution in [1.29, 1.82) is 0 Å². The summed E-state index contributed by atoms with van der Waals surface area (Å²) in [6.07, 6.45) is 5.37. The molecule has 0 aromatic heterocycles. The van der Waals surface area contributed by atoms with E-state index in [-0.39, 0.29) is 0 Å². The quantitative estimate of drug-likeness (QED) is 0.575. The first-order valence-electron chi connectivity index (χ1n) is 6.37. The molecule has 0 fully saturated rings. The summed E-state index contributed by atoms with van der Waals surface area (Å²) in [6.45, 7) is 4.71. The molecule has 0 amide bonds. The smallest absolute Gasteiger partial charge is 0.147 e. The predicted octanol–water partition coefficient (Wildman–Crippen LogP) is 1.46. The van der Waals surface area contributed by atoms with Gasteiger partial charge in [-0.2, -0.15) is 0 Å². The van der Waals surface area contributed by atoms with Crippen LogP contribution in [0.15, 0.2) is 0 Å². The molecule has 0 saturated carbocycles. The van der Waals surface area contributed by atoms with E-state index < -0.39 is 9.84 Å². The van der Waals surface area contributed by atoms with Gasteiger partial charge in [0.25, 0.3) is 0 Å². The molecule has 0 rings (SSSR count). The zero-order chi connectivity index (χ0) is 13.1. The number of ether oxygens (including phenoxy) is 1. The standard InChI is InChI=1S/C12H27NO3S/c1-4-6-12(11-13-8-9-16-2)7-5-10-17(3,14)15/h12-13H,4-11H2,1-3H3. The van der Waals surface area contributed by atoms with Crippen LogP contribution in [0.1, 0.15) is 32.6 Å². The fraction of sp³-hybridized carbons (Fsp3) is 1.00. The van der Waals surface area contributed by atoms with Crippen LogP contribution in [0.25, 0.3) is 0 Å². The third-order valence-electron chi connectivity index (χ3n) is 2.74. The minimum Gasteiger partial charge on any atom is -0.383 e. The molecule has 0 aliphatic carbocycles. The first-order valence-corrected chi connectivity index (χ1v) is 8.43. The van der Waals surface area contributed by atoms with Crippen LogP contribution in [0.3, 0.4) is 0 Å². The molecule has 0 radical (unpaired) electrons. The lowest BCUT2D eigenvalue weighted by atomic mass is 9.98. The van der Waals surface area contributed by atoms with Gasteiger partial charge >= 0.3 is 0 Å². The Bertz CT molecular complexity index is 265. The SMILES string of the molecule is CCCC(CCCS(C)(=O)=O)CNCCOC. The van der Waals surface area contributed by atoms with Gasteiger partial charge in [-0.25, -0.2) is 8.42 Å². The van der Waals surface area contributed by atoms with Gasteiger partial charge in [0.15, 0.2) is 0 Å². The number of hydrogen-bond donors (Lipinski definition) is 1. The summed E-state index contributed by atoms with van der Waals surface area (Å²) in [6, 6.07) is 0. The first-order chi connectivity index (χ1) is 7.99. The Morgan fingerprint density at radius 3 is 2.53 bits per heavy atom. The van der Waals surface area contributed by atoms with Crippen molar-refractivity contribution in [3.63, 3.8) is 0 Å². The number of rotatable bonds is 11. The number of nitrogens with one attached hydrogen (secondary N) is 1. The Morgan fingerprint density at radius 2 is 2.00 bits per heavy atom. The Labute approximate surface area is 106 Å². The van der Waals surface area contributed by atoms with Gasteiger partial charge in [0, 0.05) is 25.7 Å². The molecule has 0 aromatic rings. The third-order valence-corrected chi connectivity index (χ3v) is 3.77. The molecule has 0 aliphatic rings. The lowest BCUT2D eigenvalue weighted by Gasteiger charge is -2.16. The highest BCUT2D eigenvalue weighted by Gasteiger charge is 2.09. The van der Waals surface area contributed by atoms with Gasteiger partial charge in [0.05, 0.1) is 6.61 Å². The van der Waals surface area contributed by atoms with Gasteiger partial charge in [0.2, 0.25) is 0 Å². The molecule has 0 aliphatic heterocycles. The third kappa shape index (κ3) is 12.1. The van der Waals surface area contributed by atoms with E-state index in [1.807, 2.05) is 0 Å². The molecule has 0 heterocycles. The van der Waals surface area contributed by atoms with Crippen LogP contribution in [0.2, 0.25) is 0 Å². The van der Waals surface area contributed by atoms with E-state index in [1.165, 1.54) is 6.26 Å². The van der Waals surface area contributed by atoms with E-state index in [0.29, 0.717) is 11.7 Å². The molecule has 0 saturated heterocycles. The summed E-state index contributed by atoms with van der Waals surface area (Å²) in [5, 5.41) is 3.34. The fourth-order valence-corrected chi connectivity index (χ4v) is 2.56. The zero-order valence-corrected chi connectivity index (χ0v) is 12.2. The molecule has 0 bridgehead atoms. The van der Waals surface area contributed by atoms with Crippen molar-refractivity contribution in [2.24, 2.45) is 5.92 Å². The second-order valence-corrected chi connectivity index (χ2v) is 6.88. The summed E-state index contributed by atoms with van der Waals surface area (Å²) < 4.78 is 27.0. The van der Waals surface area contributed by atoms with Crippen LogP contribution >= 0.6 is 0 Å². The molecule has 4 nitrogen and oxygen atoms in total. The molecule has 1 unspecified atom stereocenters. The molecule has 0 aromatic carbocycles. The molecule has 1 N–H and O–H groups in total. The second-order valence-electron chi connectivity index (χ2n) is 4.62. The van der Waals surface area contributed by atoms with Gasteiger partial charge in [-0.3, -0.25) is 0 Å². The van der Waals surface area contributed by atoms with E-state index in [1.54, 1.807) is 7.11 Å². The zero-order valence-electron chi connectivity index (χ0n) is 11.4. The van der Waals surface area contributed by atoms with Crippen molar-refractivity contribution in [2.75, 3.05) is 38.8 Å². The lowest BCUT2D eigenvalue weighted by Crippen LogP contribution is -2.26. The summed E-state index contributed by atoms with van der Waals surface area (Å²) in [4.78, 5) is 0. The van der Waals surface area contributed by atoms with Crippen molar-refractivity contribution < 1.29 is 13.2 Å². The van der Waals surface area contributed by atoms with Crippen LogP contribution in [-0.4, -0.2) is 47.2 Å². The van der Waals surface area contributed by atoms with Gasteiger partial charge in [-0.1, -0.05) is 13.3 Å². The largest absolute Gasteiger partial charge is 0.383 e. The van der Waals surface area contributed by atoms with Crippen molar-refractivity contribution in [2.45, 2.75) is 32.6 Å². The van der Waals surface area contributed by atoms with Gasteiger partial charge in [-0.15, -0.1) is 0 Å². The van der Waals surface area contributed by atoms with Crippen LogP contribution in [-0.2, 0) is 14.6 Å². The van der Waals surface area contributed by atoms with Gasteiger partial charge in [0.1, 0.15) is 9.84 Å². The van der Waals surface area contributed by atoms with E-state index in [9.17, 15) is 8.42 Å². The lowest BCUT2D eigenvalue weighted by molar-refractivity contribution is 0.197. The van der Waals surface area contributed by atoms with Crippen molar-refractivity contribution in [1.82, 2.24) is 5.32 Å². The minimum atomic E-state index is -2.80. The highest BCUT2D eigenvalue weighted by atomic mass is 32.2. The van der Waals surface area contributed by atoms with Crippen LogP contribution < -0.4 is 5.32 Å². The molecular formula is C12H27NO3S. The topological polar surface area (TPSA) is 55.4 Å². The van der Waals surface area contributed by atoms with Crippen LogP contribution in [0.5, 0.6) is 0 Å². The van der Waals surface area contributed by atoms with Gasteiger partial charge < -0.3 is 10.1 Å². The Balaban J connectivity index is 3.74. The maximum Gasteiger partial charge on any atom is 0.147 e. The summed E-state index contributed by atoms with van der Waals surface area (Å²) >= 11 is 0. The number of sulfone groups is 1. The molecule has 104 valence electrons. The maximum absolute atomic E-state index is 11.0. The number of hydrogen-bond acceptors (Lipinski definition) is 4. The summed E-state index contributed by atoms with van der Waals surface area (Å²) in [5.41, 5.74) is 0. The van der Waals surface area contributed by atoms with Gasteiger partial charge in [-0.05, 0) is 31.7 Å². The van der Waals surface area contributed by atoms with Crippen molar-refractivity contribution >= 4 is 9.84 Å². The first kappa shape index (κ1) is 16.9. The number of methoxy groups -OCH3 is 1. The monoisotopic (exact) mass is 265 g/mol. The van der Waals surface area contributed by atoms with Crippen molar-refractivity contribution in [3.05, 3.63) is 0 Å².